The van der Waals surface area contributed by atoms with Gasteiger partial charge in [-0.25, -0.2) is 15.0 Å². The third-order valence-corrected chi connectivity index (χ3v) is 4.35. The minimum Gasteiger partial charge on any atom is -0.219 e. The first kappa shape index (κ1) is 17.3. The van der Waals surface area contributed by atoms with Crippen LogP contribution in [-0.2, 0) is 0 Å². The van der Waals surface area contributed by atoms with Crippen molar-refractivity contribution in [3.05, 3.63) is 50.9 Å². The molecule has 114 valence electrons. The minimum absolute atomic E-state index is 0.792. The molecule has 1 aromatic heterocycles. The fraction of sp³-hybridized carbons (Fsp3) is 0.500. The Balaban J connectivity index is 0.000000219. The summed E-state index contributed by atoms with van der Waals surface area (Å²) >= 11 is 0. The van der Waals surface area contributed by atoms with E-state index in [1.165, 1.54) is 33.4 Å². The lowest BCUT2D eigenvalue weighted by Gasteiger charge is -2.15. The summed E-state index contributed by atoms with van der Waals surface area (Å²) in [5, 5.41) is 0. The summed E-state index contributed by atoms with van der Waals surface area (Å²) in [6.45, 7) is 18.9. The molecule has 0 amide bonds. The number of aryl methyl sites for hydroxylation is 3. The van der Waals surface area contributed by atoms with Crippen molar-refractivity contribution in [1.29, 1.82) is 0 Å². The fourth-order valence-electron chi connectivity index (χ4n) is 2.46. The number of aromatic nitrogens is 3. The largest absolute Gasteiger partial charge is 0.219 e. The van der Waals surface area contributed by atoms with E-state index < -0.39 is 0 Å². The van der Waals surface area contributed by atoms with Crippen LogP contribution in [0.15, 0.2) is 0 Å². The Morgan fingerprint density at radius 1 is 0.333 bits per heavy atom. The molecule has 3 nitrogen and oxygen atoms in total. The second-order valence-corrected chi connectivity index (χ2v) is 5.73. The van der Waals surface area contributed by atoms with Crippen molar-refractivity contribution in [2.45, 2.75) is 62.3 Å². The number of hydrogen-bond acceptors (Lipinski definition) is 3. The summed E-state index contributed by atoms with van der Waals surface area (Å²) < 4.78 is 0. The third kappa shape index (κ3) is 4.10. The van der Waals surface area contributed by atoms with E-state index in [9.17, 15) is 0 Å². The zero-order chi connectivity index (χ0) is 16.3. The van der Waals surface area contributed by atoms with Crippen LogP contribution in [0.25, 0.3) is 0 Å². The van der Waals surface area contributed by atoms with Gasteiger partial charge in [-0.1, -0.05) is 0 Å². The van der Waals surface area contributed by atoms with Gasteiger partial charge < -0.3 is 0 Å². The van der Waals surface area contributed by atoms with Gasteiger partial charge in [-0.15, -0.1) is 0 Å². The summed E-state index contributed by atoms with van der Waals surface area (Å²) in [7, 11) is 0. The highest BCUT2D eigenvalue weighted by atomic mass is 15.0. The van der Waals surface area contributed by atoms with E-state index in [1.54, 1.807) is 0 Å². The molecule has 0 saturated carbocycles. The smallest absolute Gasteiger partial charge is 0.129 e. The number of nitrogens with zero attached hydrogens (tertiary/aromatic N) is 3. The van der Waals surface area contributed by atoms with Crippen molar-refractivity contribution in [3.63, 3.8) is 0 Å². The van der Waals surface area contributed by atoms with E-state index in [0.717, 1.165) is 17.5 Å². The molecule has 3 heteroatoms. The van der Waals surface area contributed by atoms with Gasteiger partial charge in [0.2, 0.25) is 0 Å². The van der Waals surface area contributed by atoms with E-state index in [0.29, 0.717) is 0 Å². The lowest BCUT2D eigenvalue weighted by Crippen LogP contribution is -1.98. The molecule has 2 rings (SSSR count). The first-order valence-electron chi connectivity index (χ1n) is 7.34. The monoisotopic (exact) mass is 285 g/mol. The molecule has 0 aliphatic carbocycles. The first-order valence-corrected chi connectivity index (χ1v) is 7.34. The molecule has 0 aliphatic heterocycles. The van der Waals surface area contributed by atoms with Gasteiger partial charge in [-0.3, -0.25) is 0 Å². The van der Waals surface area contributed by atoms with Crippen molar-refractivity contribution in [1.82, 2.24) is 15.0 Å². The van der Waals surface area contributed by atoms with Crippen LogP contribution < -0.4 is 0 Å². The second kappa shape index (κ2) is 6.79. The lowest BCUT2D eigenvalue weighted by molar-refractivity contribution is 0.875. The summed E-state index contributed by atoms with van der Waals surface area (Å²) in [5.74, 6) is 2.38. The van der Waals surface area contributed by atoms with E-state index in [2.05, 4.69) is 56.5 Å². The van der Waals surface area contributed by atoms with Crippen molar-refractivity contribution < 1.29 is 0 Å². The molecule has 1 aromatic carbocycles. The maximum Gasteiger partial charge on any atom is 0.129 e. The Labute approximate surface area is 128 Å². The van der Waals surface area contributed by atoms with Gasteiger partial charge in [0.05, 0.1) is 0 Å². The molecule has 0 aliphatic rings. The van der Waals surface area contributed by atoms with Crippen LogP contribution in [0, 0.1) is 62.3 Å². The van der Waals surface area contributed by atoms with Crippen molar-refractivity contribution in [3.8, 4) is 0 Å². The average molecular weight is 285 g/mol. The predicted molar refractivity (Wildman–Crippen MR) is 88.9 cm³/mol. The molecule has 0 unspecified atom stereocenters. The Kier molecular flexibility index (Phi) is 5.59. The number of rotatable bonds is 0. The molecule has 2 aromatic rings. The van der Waals surface area contributed by atoms with Crippen molar-refractivity contribution in [2.75, 3.05) is 0 Å². The van der Waals surface area contributed by atoms with Gasteiger partial charge in [0, 0.05) is 0 Å². The van der Waals surface area contributed by atoms with E-state index in [-0.39, 0.29) is 0 Å². The highest BCUT2D eigenvalue weighted by Crippen LogP contribution is 2.24. The Hall–Kier alpha value is -1.77. The average Bonchev–Trinajstić information content (AvgIpc) is 2.40. The molecular weight excluding hydrogens is 258 g/mol. The van der Waals surface area contributed by atoms with Crippen molar-refractivity contribution >= 4 is 0 Å². The van der Waals surface area contributed by atoms with Crippen LogP contribution in [0.4, 0.5) is 0 Å². The zero-order valence-electron chi connectivity index (χ0n) is 14.8. The normalized spacial score (nSPS) is 10.1. The topological polar surface area (TPSA) is 38.7 Å². The van der Waals surface area contributed by atoms with E-state index in [4.69, 9.17) is 0 Å². The van der Waals surface area contributed by atoms with Crippen LogP contribution in [0.3, 0.4) is 0 Å². The summed E-state index contributed by atoms with van der Waals surface area (Å²) in [6.07, 6.45) is 0. The SMILES string of the molecule is Cc1c(C)c(C)c(C)c(C)c1C.Cc1nc(C)nc(C)n1. The van der Waals surface area contributed by atoms with Gasteiger partial charge in [0.25, 0.3) is 0 Å². The van der Waals surface area contributed by atoms with Gasteiger partial charge in [0.1, 0.15) is 17.5 Å². The van der Waals surface area contributed by atoms with Gasteiger partial charge >= 0.3 is 0 Å². The quantitative estimate of drug-likeness (QED) is 0.723. The minimum atomic E-state index is 0.792. The van der Waals surface area contributed by atoms with Gasteiger partial charge in [-0.2, -0.15) is 0 Å². The lowest BCUT2D eigenvalue weighted by atomic mass is 9.90. The molecular formula is C18H27N3. The molecule has 0 radical (unpaired) electrons. The van der Waals surface area contributed by atoms with E-state index in [1.807, 2.05) is 20.8 Å². The standard InChI is InChI=1S/C12H18.C6H9N3/c1-7-8(2)10(4)12(6)11(5)9(7)3;1-4-7-5(2)9-6(3)8-4/h1-6H3;1-3H3. The van der Waals surface area contributed by atoms with Crippen LogP contribution >= 0.6 is 0 Å². The molecule has 0 bridgehead atoms. The van der Waals surface area contributed by atoms with Crippen molar-refractivity contribution in [2.24, 2.45) is 0 Å². The molecule has 0 spiro atoms. The van der Waals surface area contributed by atoms with Crippen LogP contribution in [0.5, 0.6) is 0 Å². The molecule has 21 heavy (non-hydrogen) atoms. The molecule has 0 N–H and O–H groups in total. The zero-order valence-corrected chi connectivity index (χ0v) is 14.8. The summed E-state index contributed by atoms with van der Waals surface area (Å²) in [5.41, 5.74) is 8.73. The fourth-order valence-corrected chi connectivity index (χ4v) is 2.46. The van der Waals surface area contributed by atoms with Crippen LogP contribution in [-0.4, -0.2) is 15.0 Å². The predicted octanol–water partition coefficient (Wildman–Crippen LogP) is 4.33. The molecule has 0 saturated heterocycles. The first-order chi connectivity index (χ1) is 9.65. The number of hydrogen-bond donors (Lipinski definition) is 0. The molecule has 1 heterocycles. The van der Waals surface area contributed by atoms with E-state index >= 15 is 0 Å². The highest BCUT2D eigenvalue weighted by molar-refractivity contribution is 5.48. The van der Waals surface area contributed by atoms with Crippen LogP contribution in [0.1, 0.15) is 50.9 Å². The highest BCUT2D eigenvalue weighted by Gasteiger charge is 2.07. The Bertz CT molecular complexity index is 503. The second-order valence-electron chi connectivity index (χ2n) is 5.73. The summed E-state index contributed by atoms with van der Waals surface area (Å²) in [4.78, 5) is 12.0. The Morgan fingerprint density at radius 2 is 0.476 bits per heavy atom. The third-order valence-electron chi connectivity index (χ3n) is 4.35. The van der Waals surface area contributed by atoms with Gasteiger partial charge in [0.15, 0.2) is 0 Å². The Morgan fingerprint density at radius 3 is 0.619 bits per heavy atom. The maximum atomic E-state index is 4.01. The number of benzene rings is 1. The van der Waals surface area contributed by atoms with Gasteiger partial charge in [-0.05, 0) is 95.7 Å². The van der Waals surface area contributed by atoms with Crippen LogP contribution in [0.2, 0.25) is 0 Å². The summed E-state index contributed by atoms with van der Waals surface area (Å²) in [6, 6.07) is 0. The maximum absolute atomic E-state index is 4.01. The molecule has 0 fully saturated rings. The molecule has 0 atom stereocenters.